The van der Waals surface area contributed by atoms with Gasteiger partial charge in [0.05, 0.1) is 23.5 Å². The number of anilines is 3. The van der Waals surface area contributed by atoms with Crippen LogP contribution in [-0.2, 0) is 0 Å². The lowest BCUT2D eigenvalue weighted by Crippen LogP contribution is -2.47. The molecule has 1 saturated carbocycles. The van der Waals surface area contributed by atoms with Gasteiger partial charge >= 0.3 is 0 Å². The Labute approximate surface area is 178 Å². The monoisotopic (exact) mass is 420 g/mol. The standard InChI is InChI=1S/C21H24N8O2/c1-21(31)7-3-6-15(21)26-20(30)13-12-24-29-17(22-2)11-16(27-18(13)29)25-14-5-4-9-28-10-8-23-19(14)28/h4-5,8-12,15,22,31H,3,6-7H2,1-2H3,(H,25,27)(H,26,30)/t15-,21-/m0/s1. The largest absolute Gasteiger partial charge is 0.388 e. The summed E-state index contributed by atoms with van der Waals surface area (Å²) in [5, 5.41) is 24.2. The van der Waals surface area contributed by atoms with E-state index in [0.717, 1.165) is 24.2 Å². The second-order valence-electron chi connectivity index (χ2n) is 8.05. The van der Waals surface area contributed by atoms with Gasteiger partial charge in [0, 0.05) is 31.7 Å². The lowest BCUT2D eigenvalue weighted by Gasteiger charge is -2.26. The molecule has 0 aromatic carbocycles. The molecule has 10 nitrogen and oxygen atoms in total. The van der Waals surface area contributed by atoms with Crippen molar-refractivity contribution in [3.63, 3.8) is 0 Å². The van der Waals surface area contributed by atoms with Crippen LogP contribution < -0.4 is 16.0 Å². The van der Waals surface area contributed by atoms with E-state index in [1.807, 2.05) is 35.0 Å². The van der Waals surface area contributed by atoms with E-state index in [-0.39, 0.29) is 11.9 Å². The third-order valence-corrected chi connectivity index (χ3v) is 5.89. The van der Waals surface area contributed by atoms with Crippen molar-refractivity contribution in [3.8, 4) is 0 Å². The molecular formula is C21H24N8O2. The fraction of sp³-hybridized carbons (Fsp3) is 0.333. The fourth-order valence-electron chi connectivity index (χ4n) is 4.16. The number of nitrogens with zero attached hydrogens (tertiary/aromatic N) is 5. The number of hydrogen-bond donors (Lipinski definition) is 4. The average molecular weight is 420 g/mol. The Morgan fingerprint density at radius 3 is 2.97 bits per heavy atom. The predicted molar refractivity (Wildman–Crippen MR) is 117 cm³/mol. The molecule has 0 bridgehead atoms. The first-order chi connectivity index (χ1) is 15.0. The van der Waals surface area contributed by atoms with Gasteiger partial charge in [0.2, 0.25) is 0 Å². The Morgan fingerprint density at radius 1 is 1.32 bits per heavy atom. The highest BCUT2D eigenvalue weighted by atomic mass is 16.3. The zero-order chi connectivity index (χ0) is 21.6. The van der Waals surface area contributed by atoms with E-state index in [2.05, 4.69) is 31.0 Å². The maximum atomic E-state index is 13.0. The molecule has 4 N–H and O–H groups in total. The van der Waals surface area contributed by atoms with Gasteiger partial charge in [-0.25, -0.2) is 9.97 Å². The molecular weight excluding hydrogens is 396 g/mol. The third-order valence-electron chi connectivity index (χ3n) is 5.89. The third kappa shape index (κ3) is 3.34. The summed E-state index contributed by atoms with van der Waals surface area (Å²) < 4.78 is 3.49. The van der Waals surface area contributed by atoms with Crippen LogP contribution >= 0.6 is 0 Å². The van der Waals surface area contributed by atoms with Crippen molar-refractivity contribution in [3.05, 3.63) is 48.5 Å². The fourth-order valence-corrected chi connectivity index (χ4v) is 4.16. The van der Waals surface area contributed by atoms with Crippen molar-refractivity contribution in [1.29, 1.82) is 0 Å². The van der Waals surface area contributed by atoms with Crippen LogP contribution in [0.4, 0.5) is 17.3 Å². The molecule has 5 rings (SSSR count). The minimum absolute atomic E-state index is 0.293. The summed E-state index contributed by atoms with van der Waals surface area (Å²) in [6.07, 6.45) is 9.31. The molecule has 0 aliphatic heterocycles. The number of aliphatic hydroxyl groups is 1. The molecule has 10 heteroatoms. The number of hydrogen-bond acceptors (Lipinski definition) is 7. The first-order valence-electron chi connectivity index (χ1n) is 10.2. The molecule has 4 aromatic heterocycles. The van der Waals surface area contributed by atoms with Crippen molar-refractivity contribution in [1.82, 2.24) is 29.3 Å². The van der Waals surface area contributed by atoms with Gasteiger partial charge in [-0.1, -0.05) is 0 Å². The minimum atomic E-state index is -0.905. The number of imidazole rings is 1. The lowest BCUT2D eigenvalue weighted by molar-refractivity contribution is 0.0368. The summed E-state index contributed by atoms with van der Waals surface area (Å²) in [4.78, 5) is 22.0. The first-order valence-corrected chi connectivity index (χ1v) is 10.2. The number of pyridine rings is 1. The number of fused-ring (bicyclic) bond motifs is 2. The Hall–Kier alpha value is -3.66. The van der Waals surface area contributed by atoms with Crippen LogP contribution in [0, 0.1) is 0 Å². The molecule has 1 aliphatic rings. The molecule has 1 amide bonds. The number of carbonyl (C=O) groups excluding carboxylic acids is 1. The van der Waals surface area contributed by atoms with Crippen molar-refractivity contribution in [2.45, 2.75) is 37.8 Å². The molecule has 0 unspecified atom stereocenters. The van der Waals surface area contributed by atoms with Gasteiger partial charge in [-0.05, 0) is 38.3 Å². The van der Waals surface area contributed by atoms with Crippen molar-refractivity contribution < 1.29 is 9.90 Å². The van der Waals surface area contributed by atoms with Gasteiger partial charge in [-0.15, -0.1) is 0 Å². The van der Waals surface area contributed by atoms with E-state index in [0.29, 0.717) is 29.3 Å². The highest BCUT2D eigenvalue weighted by Gasteiger charge is 2.38. The van der Waals surface area contributed by atoms with Crippen LogP contribution in [-0.4, -0.2) is 53.7 Å². The van der Waals surface area contributed by atoms with Crippen LogP contribution in [0.15, 0.2) is 43.0 Å². The number of nitrogens with one attached hydrogen (secondary N) is 3. The van der Waals surface area contributed by atoms with E-state index >= 15 is 0 Å². The van der Waals surface area contributed by atoms with Gasteiger partial charge in [0.1, 0.15) is 17.2 Å². The van der Waals surface area contributed by atoms with Crippen LogP contribution in [0.25, 0.3) is 11.3 Å². The van der Waals surface area contributed by atoms with Crippen LogP contribution in [0.5, 0.6) is 0 Å². The summed E-state index contributed by atoms with van der Waals surface area (Å²) >= 11 is 0. The number of rotatable bonds is 5. The lowest BCUT2D eigenvalue weighted by atomic mass is 10.0. The Balaban J connectivity index is 1.51. The van der Waals surface area contributed by atoms with Crippen LogP contribution in [0.3, 0.4) is 0 Å². The van der Waals surface area contributed by atoms with Gasteiger partial charge in [-0.2, -0.15) is 9.61 Å². The maximum Gasteiger partial charge on any atom is 0.257 e. The van der Waals surface area contributed by atoms with E-state index in [9.17, 15) is 9.90 Å². The summed E-state index contributed by atoms with van der Waals surface area (Å²) in [6.45, 7) is 1.76. The summed E-state index contributed by atoms with van der Waals surface area (Å²) in [5.41, 5.74) is 1.42. The summed E-state index contributed by atoms with van der Waals surface area (Å²) in [6, 6.07) is 5.35. The molecule has 4 aromatic rings. The SMILES string of the molecule is CNc1cc(Nc2cccn3ccnc23)nc2c(C(=O)N[C@H]3CCC[C@]3(C)O)cnn12. The zero-order valence-corrected chi connectivity index (χ0v) is 17.3. The molecule has 2 atom stereocenters. The minimum Gasteiger partial charge on any atom is -0.388 e. The van der Waals surface area contributed by atoms with E-state index in [1.54, 1.807) is 24.7 Å². The van der Waals surface area contributed by atoms with E-state index in [1.165, 1.54) is 6.20 Å². The van der Waals surface area contributed by atoms with E-state index in [4.69, 9.17) is 0 Å². The summed E-state index contributed by atoms with van der Waals surface area (Å²) in [5.74, 6) is 0.925. The average Bonchev–Trinajstić information content (AvgIpc) is 3.46. The molecule has 1 fully saturated rings. The topological polar surface area (TPSA) is 121 Å². The normalized spacial score (nSPS) is 20.9. The quantitative estimate of drug-likeness (QED) is 0.391. The highest BCUT2D eigenvalue weighted by Crippen LogP contribution is 2.30. The Morgan fingerprint density at radius 2 is 2.19 bits per heavy atom. The van der Waals surface area contributed by atoms with Gasteiger partial charge < -0.3 is 25.5 Å². The van der Waals surface area contributed by atoms with Crippen molar-refractivity contribution in [2.24, 2.45) is 0 Å². The van der Waals surface area contributed by atoms with Crippen molar-refractivity contribution >= 4 is 34.5 Å². The Kier molecular flexibility index (Phi) is 4.51. The maximum absolute atomic E-state index is 13.0. The zero-order valence-electron chi connectivity index (χ0n) is 17.3. The molecule has 4 heterocycles. The van der Waals surface area contributed by atoms with Gasteiger partial charge in [0.25, 0.3) is 5.91 Å². The summed E-state index contributed by atoms with van der Waals surface area (Å²) in [7, 11) is 1.78. The number of aromatic nitrogens is 5. The molecule has 0 spiro atoms. The van der Waals surface area contributed by atoms with Crippen LogP contribution in [0.1, 0.15) is 36.5 Å². The molecule has 1 aliphatic carbocycles. The van der Waals surface area contributed by atoms with Crippen LogP contribution in [0.2, 0.25) is 0 Å². The smallest absolute Gasteiger partial charge is 0.257 e. The van der Waals surface area contributed by atoms with E-state index < -0.39 is 5.60 Å². The first kappa shape index (κ1) is 19.3. The molecule has 0 saturated heterocycles. The van der Waals surface area contributed by atoms with Gasteiger partial charge in [-0.3, -0.25) is 4.79 Å². The van der Waals surface area contributed by atoms with Crippen molar-refractivity contribution in [2.75, 3.05) is 17.7 Å². The predicted octanol–water partition coefficient (Wildman–Crippen LogP) is 2.20. The second-order valence-corrected chi connectivity index (χ2v) is 8.05. The molecule has 31 heavy (non-hydrogen) atoms. The number of amides is 1. The number of carbonyl (C=O) groups is 1. The Bertz CT molecular complexity index is 1280. The molecule has 160 valence electrons. The second kappa shape index (κ2) is 7.24. The molecule has 0 radical (unpaired) electrons. The van der Waals surface area contributed by atoms with Gasteiger partial charge in [0.15, 0.2) is 11.3 Å². The highest BCUT2D eigenvalue weighted by molar-refractivity contribution is 6.00.